The molecule has 0 aliphatic heterocycles. The lowest BCUT2D eigenvalue weighted by atomic mass is 9.77. The number of aromatic nitrogens is 2. The summed E-state index contributed by atoms with van der Waals surface area (Å²) in [6, 6.07) is 3.09. The van der Waals surface area contributed by atoms with Crippen molar-refractivity contribution in [3.05, 3.63) is 34.0 Å². The first-order chi connectivity index (χ1) is 9.98. The molecule has 2 unspecified atom stereocenters. The summed E-state index contributed by atoms with van der Waals surface area (Å²) >= 11 is 1.65. The third-order valence-electron chi connectivity index (χ3n) is 4.23. The summed E-state index contributed by atoms with van der Waals surface area (Å²) in [6.07, 6.45) is 5.60. The van der Waals surface area contributed by atoms with E-state index in [4.69, 9.17) is 10.7 Å². The molecule has 2 N–H and O–H groups in total. The number of halogens is 1. The summed E-state index contributed by atoms with van der Waals surface area (Å²) in [7, 11) is 0. The average molecular weight is 305 g/mol. The van der Waals surface area contributed by atoms with E-state index in [0.29, 0.717) is 11.6 Å². The van der Waals surface area contributed by atoms with Gasteiger partial charge in [0, 0.05) is 4.88 Å². The summed E-state index contributed by atoms with van der Waals surface area (Å²) in [5.74, 6) is 0.309. The van der Waals surface area contributed by atoms with Crippen molar-refractivity contribution in [2.24, 2.45) is 11.7 Å². The predicted molar refractivity (Wildman–Crippen MR) is 83.5 cm³/mol. The van der Waals surface area contributed by atoms with Crippen LogP contribution in [-0.4, -0.2) is 9.97 Å². The van der Waals surface area contributed by atoms with Crippen molar-refractivity contribution in [3.63, 3.8) is 0 Å². The highest BCUT2D eigenvalue weighted by molar-refractivity contribution is 7.12. The third kappa shape index (κ3) is 2.85. The first kappa shape index (κ1) is 14.6. The van der Waals surface area contributed by atoms with Gasteiger partial charge in [0.2, 0.25) is 0 Å². The number of nitrogens with two attached hydrogens (primary N) is 1. The Balaban J connectivity index is 1.95. The minimum Gasteiger partial charge on any atom is -0.319 e. The molecule has 0 amide bonds. The normalized spacial score (nSPS) is 26.0. The highest BCUT2D eigenvalue weighted by Crippen LogP contribution is 2.41. The monoisotopic (exact) mass is 305 g/mol. The SMILES string of the molecule is Cc1sc(C2(N)CCCC(C)C2)nc1-c1ccc(F)cn1. The summed E-state index contributed by atoms with van der Waals surface area (Å²) in [6.45, 7) is 4.28. The van der Waals surface area contributed by atoms with Gasteiger partial charge in [-0.3, -0.25) is 4.98 Å². The van der Waals surface area contributed by atoms with Crippen LogP contribution >= 0.6 is 11.3 Å². The van der Waals surface area contributed by atoms with Crippen LogP contribution in [0.1, 0.15) is 42.5 Å². The van der Waals surface area contributed by atoms with Gasteiger partial charge in [-0.2, -0.15) is 0 Å². The molecule has 0 bridgehead atoms. The molecule has 2 aromatic rings. The first-order valence-electron chi connectivity index (χ1n) is 7.37. The maximum Gasteiger partial charge on any atom is 0.141 e. The van der Waals surface area contributed by atoms with Gasteiger partial charge in [-0.1, -0.05) is 19.8 Å². The molecule has 1 aliphatic carbocycles. The van der Waals surface area contributed by atoms with E-state index in [-0.39, 0.29) is 11.4 Å². The van der Waals surface area contributed by atoms with E-state index >= 15 is 0 Å². The van der Waals surface area contributed by atoms with Crippen LogP contribution in [0.3, 0.4) is 0 Å². The summed E-state index contributed by atoms with van der Waals surface area (Å²) in [4.78, 5) is 9.97. The van der Waals surface area contributed by atoms with Gasteiger partial charge in [0.1, 0.15) is 16.5 Å². The van der Waals surface area contributed by atoms with E-state index in [1.54, 1.807) is 17.4 Å². The molecule has 2 aromatic heterocycles. The Hall–Kier alpha value is -1.33. The summed E-state index contributed by atoms with van der Waals surface area (Å²) < 4.78 is 13.0. The van der Waals surface area contributed by atoms with Crippen molar-refractivity contribution in [2.45, 2.75) is 45.1 Å². The first-order valence-corrected chi connectivity index (χ1v) is 8.18. The van der Waals surface area contributed by atoms with Crippen LogP contribution in [0.5, 0.6) is 0 Å². The highest BCUT2D eigenvalue weighted by Gasteiger charge is 2.36. The third-order valence-corrected chi connectivity index (χ3v) is 5.42. The van der Waals surface area contributed by atoms with Gasteiger partial charge in [-0.25, -0.2) is 9.37 Å². The maximum atomic E-state index is 13.0. The Kier molecular flexibility index (Phi) is 3.80. The molecule has 0 aromatic carbocycles. The Morgan fingerprint density at radius 2 is 2.24 bits per heavy atom. The van der Waals surface area contributed by atoms with Gasteiger partial charge in [0.15, 0.2) is 0 Å². The molecule has 1 aliphatic rings. The van der Waals surface area contributed by atoms with Crippen molar-refractivity contribution in [1.29, 1.82) is 0 Å². The largest absolute Gasteiger partial charge is 0.319 e. The lowest BCUT2D eigenvalue weighted by molar-refractivity contribution is 0.238. The van der Waals surface area contributed by atoms with E-state index in [1.807, 2.05) is 6.92 Å². The van der Waals surface area contributed by atoms with Crippen LogP contribution in [-0.2, 0) is 5.54 Å². The van der Waals surface area contributed by atoms with E-state index in [2.05, 4.69) is 11.9 Å². The molecule has 112 valence electrons. The zero-order valence-electron chi connectivity index (χ0n) is 12.4. The Bertz CT molecular complexity index is 637. The topological polar surface area (TPSA) is 51.8 Å². The number of pyridine rings is 1. The van der Waals surface area contributed by atoms with E-state index in [0.717, 1.165) is 34.8 Å². The fourth-order valence-electron chi connectivity index (χ4n) is 3.15. The quantitative estimate of drug-likeness (QED) is 0.912. The van der Waals surface area contributed by atoms with Crippen molar-refractivity contribution >= 4 is 11.3 Å². The number of nitrogens with zero attached hydrogens (tertiary/aromatic N) is 2. The minimum absolute atomic E-state index is 0.314. The van der Waals surface area contributed by atoms with Crippen LogP contribution in [0.4, 0.5) is 4.39 Å². The minimum atomic E-state index is -0.330. The Morgan fingerprint density at radius 1 is 1.43 bits per heavy atom. The number of thiazole rings is 1. The van der Waals surface area contributed by atoms with Crippen LogP contribution < -0.4 is 5.73 Å². The molecular formula is C16H20FN3S. The van der Waals surface area contributed by atoms with Crippen LogP contribution in [0.2, 0.25) is 0 Å². The van der Waals surface area contributed by atoms with E-state index < -0.39 is 0 Å². The summed E-state index contributed by atoms with van der Waals surface area (Å²) in [5, 5.41) is 0.993. The molecule has 2 heterocycles. The molecule has 0 spiro atoms. The van der Waals surface area contributed by atoms with E-state index in [9.17, 15) is 4.39 Å². The van der Waals surface area contributed by atoms with Crippen molar-refractivity contribution in [2.75, 3.05) is 0 Å². The lowest BCUT2D eigenvalue weighted by Crippen LogP contribution is -2.40. The van der Waals surface area contributed by atoms with E-state index in [1.165, 1.54) is 18.7 Å². The average Bonchev–Trinajstić information content (AvgIpc) is 2.82. The number of aryl methyl sites for hydroxylation is 1. The Labute approximate surface area is 128 Å². The molecule has 0 saturated heterocycles. The number of rotatable bonds is 2. The molecular weight excluding hydrogens is 285 g/mol. The zero-order chi connectivity index (χ0) is 15.0. The van der Waals surface area contributed by atoms with Crippen molar-refractivity contribution in [3.8, 4) is 11.4 Å². The van der Waals surface area contributed by atoms with Crippen LogP contribution in [0.15, 0.2) is 18.3 Å². The van der Waals surface area contributed by atoms with Gasteiger partial charge in [-0.05, 0) is 37.8 Å². The second kappa shape index (κ2) is 5.46. The van der Waals surface area contributed by atoms with Gasteiger partial charge in [0.25, 0.3) is 0 Å². The maximum absolute atomic E-state index is 13.0. The van der Waals surface area contributed by atoms with Gasteiger partial charge >= 0.3 is 0 Å². The molecule has 5 heteroatoms. The zero-order valence-corrected chi connectivity index (χ0v) is 13.2. The van der Waals surface area contributed by atoms with Crippen LogP contribution in [0, 0.1) is 18.7 Å². The van der Waals surface area contributed by atoms with Gasteiger partial charge < -0.3 is 5.73 Å². The summed E-state index contributed by atoms with van der Waals surface area (Å²) in [5.41, 5.74) is 7.85. The van der Waals surface area contributed by atoms with Gasteiger partial charge in [-0.15, -0.1) is 11.3 Å². The Morgan fingerprint density at radius 3 is 2.90 bits per heavy atom. The van der Waals surface area contributed by atoms with Gasteiger partial charge in [0.05, 0.1) is 17.4 Å². The smallest absolute Gasteiger partial charge is 0.141 e. The molecule has 2 atom stereocenters. The fraction of sp³-hybridized carbons (Fsp3) is 0.500. The molecule has 21 heavy (non-hydrogen) atoms. The second-order valence-electron chi connectivity index (χ2n) is 6.14. The van der Waals surface area contributed by atoms with Crippen molar-refractivity contribution in [1.82, 2.24) is 9.97 Å². The van der Waals surface area contributed by atoms with Crippen LogP contribution in [0.25, 0.3) is 11.4 Å². The molecule has 0 radical (unpaired) electrons. The lowest BCUT2D eigenvalue weighted by Gasteiger charge is -2.35. The molecule has 1 saturated carbocycles. The standard InChI is InChI=1S/C16H20FN3S/c1-10-4-3-7-16(18,8-10)15-20-14(11(2)21-15)13-6-5-12(17)9-19-13/h5-6,9-10H,3-4,7-8,18H2,1-2H3. The second-order valence-corrected chi connectivity index (χ2v) is 7.35. The molecule has 3 rings (SSSR count). The number of hydrogen-bond acceptors (Lipinski definition) is 4. The molecule has 1 fully saturated rings. The van der Waals surface area contributed by atoms with Crippen molar-refractivity contribution < 1.29 is 4.39 Å². The number of hydrogen-bond donors (Lipinski definition) is 1. The highest BCUT2D eigenvalue weighted by atomic mass is 32.1. The predicted octanol–water partition coefficient (Wildman–Crippen LogP) is 4.02. The fourth-order valence-corrected chi connectivity index (χ4v) is 4.21. The molecule has 3 nitrogen and oxygen atoms in total.